The molecule has 0 heterocycles. The quantitative estimate of drug-likeness (QED) is 0.805. The number of carbonyl (C=O) groups excluding carboxylic acids is 1. The van der Waals surface area contributed by atoms with Crippen molar-refractivity contribution in [3.63, 3.8) is 0 Å². The zero-order chi connectivity index (χ0) is 14.1. The minimum Gasteiger partial charge on any atom is -0.507 e. The Morgan fingerprint density at radius 2 is 1.89 bits per heavy atom. The van der Waals surface area contributed by atoms with Gasteiger partial charge in [0, 0.05) is 12.6 Å². The van der Waals surface area contributed by atoms with Gasteiger partial charge in [-0.1, -0.05) is 0 Å². The molecule has 1 aromatic rings. The van der Waals surface area contributed by atoms with Crippen LogP contribution in [0.1, 0.15) is 24.2 Å². The second-order valence-electron chi connectivity index (χ2n) is 4.39. The normalized spacial score (nSPS) is 11.1. The number of halogens is 1. The number of aromatic hydroxyl groups is 1. The number of phenols is 1. The van der Waals surface area contributed by atoms with Crippen molar-refractivity contribution >= 4 is 34.5 Å². The van der Waals surface area contributed by atoms with Gasteiger partial charge in [0.05, 0.1) is 3.57 Å². The molecule has 1 amide bonds. The molecule has 5 nitrogen and oxygen atoms in total. The summed E-state index contributed by atoms with van der Waals surface area (Å²) in [5, 5.41) is 18.6. The molecule has 0 aliphatic heterocycles. The molecule has 0 saturated heterocycles. The predicted octanol–water partition coefficient (Wildman–Crippen LogP) is 1.93. The first-order valence-electron chi connectivity index (χ1n) is 5.18. The van der Waals surface area contributed by atoms with Crippen molar-refractivity contribution < 1.29 is 19.8 Å². The molecule has 0 aliphatic carbocycles. The van der Waals surface area contributed by atoms with E-state index in [-0.39, 0.29) is 11.3 Å². The highest BCUT2D eigenvalue weighted by atomic mass is 127. The van der Waals surface area contributed by atoms with Crippen molar-refractivity contribution in [2.45, 2.75) is 19.4 Å². The van der Waals surface area contributed by atoms with Crippen LogP contribution >= 0.6 is 22.6 Å². The van der Waals surface area contributed by atoms with Crippen molar-refractivity contribution in [3.8, 4) is 5.75 Å². The molecule has 18 heavy (non-hydrogen) atoms. The summed E-state index contributed by atoms with van der Waals surface area (Å²) < 4.78 is 0.629. The maximum Gasteiger partial charge on any atom is 0.329 e. The lowest BCUT2D eigenvalue weighted by molar-refractivity contribution is -0.147. The van der Waals surface area contributed by atoms with E-state index in [9.17, 15) is 14.7 Å². The fourth-order valence-electron chi connectivity index (χ4n) is 1.24. The first kappa shape index (κ1) is 14.7. The fraction of sp³-hybridized carbons (Fsp3) is 0.333. The summed E-state index contributed by atoms with van der Waals surface area (Å²) in [5.41, 5.74) is -1.06. The van der Waals surface area contributed by atoms with Crippen molar-refractivity contribution in [1.29, 1.82) is 0 Å². The standard InChI is InChI=1S/C12H14INO4/c1-12(2,11(17)18)14(3)10(16)7-4-5-8(13)9(15)6-7/h4-6,15H,1-3H3,(H,17,18). The topological polar surface area (TPSA) is 77.8 Å². The number of amides is 1. The number of likely N-dealkylation sites (N-methyl/N-ethyl adjacent to an activating group) is 1. The summed E-state index contributed by atoms with van der Waals surface area (Å²) in [6, 6.07) is 4.49. The number of hydrogen-bond donors (Lipinski definition) is 2. The average molecular weight is 363 g/mol. The van der Waals surface area contributed by atoms with Gasteiger partial charge >= 0.3 is 5.97 Å². The lowest BCUT2D eigenvalue weighted by Gasteiger charge is -2.31. The van der Waals surface area contributed by atoms with E-state index in [1.807, 2.05) is 22.6 Å². The number of phenolic OH excluding ortho intramolecular Hbond substituents is 1. The molecule has 0 aliphatic rings. The minimum atomic E-state index is -1.31. The molecule has 0 fully saturated rings. The van der Waals surface area contributed by atoms with Gasteiger partial charge in [-0.05, 0) is 54.6 Å². The summed E-state index contributed by atoms with van der Waals surface area (Å²) in [6.07, 6.45) is 0. The number of rotatable bonds is 3. The Morgan fingerprint density at radius 1 is 1.33 bits per heavy atom. The molecule has 0 aromatic heterocycles. The van der Waals surface area contributed by atoms with Crippen LogP contribution in [0.15, 0.2) is 18.2 Å². The van der Waals surface area contributed by atoms with E-state index in [4.69, 9.17) is 5.11 Å². The van der Waals surface area contributed by atoms with Crippen molar-refractivity contribution in [3.05, 3.63) is 27.3 Å². The Bertz CT molecular complexity index is 499. The van der Waals surface area contributed by atoms with Gasteiger partial charge in [0.1, 0.15) is 11.3 Å². The van der Waals surface area contributed by atoms with Gasteiger partial charge in [-0.15, -0.1) is 0 Å². The van der Waals surface area contributed by atoms with Crippen LogP contribution in [-0.2, 0) is 4.79 Å². The van der Waals surface area contributed by atoms with E-state index in [0.717, 1.165) is 4.90 Å². The molecule has 1 aromatic carbocycles. The van der Waals surface area contributed by atoms with Crippen LogP contribution in [0.25, 0.3) is 0 Å². The summed E-state index contributed by atoms with van der Waals surface area (Å²) in [5.74, 6) is -1.54. The number of benzene rings is 1. The summed E-state index contributed by atoms with van der Waals surface area (Å²) in [7, 11) is 1.42. The maximum absolute atomic E-state index is 12.1. The zero-order valence-electron chi connectivity index (χ0n) is 10.3. The van der Waals surface area contributed by atoms with Crippen molar-refractivity contribution in [1.82, 2.24) is 4.90 Å². The molecule has 2 N–H and O–H groups in total. The molecule has 1 rings (SSSR count). The van der Waals surface area contributed by atoms with Gasteiger partial charge in [0.25, 0.3) is 5.91 Å². The number of carbonyl (C=O) groups is 2. The maximum atomic E-state index is 12.1. The third-order valence-corrected chi connectivity index (χ3v) is 3.77. The van der Waals surface area contributed by atoms with Crippen LogP contribution < -0.4 is 0 Å². The largest absolute Gasteiger partial charge is 0.507 e. The lowest BCUT2D eigenvalue weighted by atomic mass is 10.0. The molecule has 0 saturated carbocycles. The minimum absolute atomic E-state index is 0.00276. The Hall–Kier alpha value is -1.31. The van der Waals surface area contributed by atoms with E-state index in [1.54, 1.807) is 12.1 Å². The molecule has 0 unspecified atom stereocenters. The predicted molar refractivity (Wildman–Crippen MR) is 74.6 cm³/mol. The molecular weight excluding hydrogens is 349 g/mol. The van der Waals surface area contributed by atoms with Crippen LogP contribution in [0.5, 0.6) is 5.75 Å². The molecule has 98 valence electrons. The van der Waals surface area contributed by atoms with Crippen LogP contribution in [-0.4, -0.2) is 39.6 Å². The number of hydrogen-bond acceptors (Lipinski definition) is 3. The average Bonchev–Trinajstić information content (AvgIpc) is 2.30. The van der Waals surface area contributed by atoms with Gasteiger partial charge in [0.2, 0.25) is 0 Å². The number of carboxylic acid groups (broad SMARTS) is 1. The molecular formula is C12H14INO4. The van der Waals surface area contributed by atoms with Gasteiger partial charge < -0.3 is 15.1 Å². The molecule has 0 atom stereocenters. The second kappa shape index (κ2) is 5.13. The third kappa shape index (κ3) is 2.74. The van der Waals surface area contributed by atoms with Gasteiger partial charge in [0.15, 0.2) is 0 Å². The van der Waals surface area contributed by atoms with E-state index in [0.29, 0.717) is 3.57 Å². The van der Waals surface area contributed by atoms with Crippen molar-refractivity contribution in [2.75, 3.05) is 7.05 Å². The summed E-state index contributed by atoms with van der Waals surface area (Å²) >= 11 is 1.94. The van der Waals surface area contributed by atoms with E-state index in [2.05, 4.69) is 0 Å². The molecule has 0 bridgehead atoms. The fourth-order valence-corrected chi connectivity index (χ4v) is 1.57. The number of carboxylic acids is 1. The van der Waals surface area contributed by atoms with Gasteiger partial charge in [-0.3, -0.25) is 4.79 Å². The zero-order valence-corrected chi connectivity index (χ0v) is 12.4. The van der Waals surface area contributed by atoms with E-state index < -0.39 is 17.4 Å². The van der Waals surface area contributed by atoms with Crippen molar-refractivity contribution in [2.24, 2.45) is 0 Å². The SMILES string of the molecule is CN(C(=O)c1ccc(I)c(O)c1)C(C)(C)C(=O)O. The molecule has 6 heteroatoms. The molecule has 0 radical (unpaired) electrons. The van der Waals surface area contributed by atoms with Gasteiger partial charge in [-0.25, -0.2) is 4.79 Å². The Balaban J connectivity index is 3.07. The Morgan fingerprint density at radius 3 is 2.33 bits per heavy atom. The van der Waals surface area contributed by atoms with E-state index >= 15 is 0 Å². The highest BCUT2D eigenvalue weighted by Gasteiger charge is 2.35. The second-order valence-corrected chi connectivity index (χ2v) is 5.56. The van der Waals surface area contributed by atoms with Crippen LogP contribution in [0, 0.1) is 3.57 Å². The summed E-state index contributed by atoms with van der Waals surface area (Å²) in [4.78, 5) is 24.3. The summed E-state index contributed by atoms with van der Waals surface area (Å²) in [6.45, 7) is 2.89. The first-order chi connectivity index (χ1) is 8.17. The van der Waals surface area contributed by atoms with Crippen LogP contribution in [0.2, 0.25) is 0 Å². The van der Waals surface area contributed by atoms with Crippen LogP contribution in [0.4, 0.5) is 0 Å². The third-order valence-electron chi connectivity index (χ3n) is 2.86. The van der Waals surface area contributed by atoms with Crippen LogP contribution in [0.3, 0.4) is 0 Å². The van der Waals surface area contributed by atoms with E-state index in [1.165, 1.54) is 27.0 Å². The lowest BCUT2D eigenvalue weighted by Crippen LogP contribution is -2.50. The highest BCUT2D eigenvalue weighted by Crippen LogP contribution is 2.23. The highest BCUT2D eigenvalue weighted by molar-refractivity contribution is 14.1. The number of nitrogens with zero attached hydrogens (tertiary/aromatic N) is 1. The molecule has 0 spiro atoms. The Kier molecular flexibility index (Phi) is 4.20. The van der Waals surface area contributed by atoms with Gasteiger partial charge in [-0.2, -0.15) is 0 Å². The first-order valence-corrected chi connectivity index (χ1v) is 6.26. The monoisotopic (exact) mass is 363 g/mol. The smallest absolute Gasteiger partial charge is 0.329 e. The number of aliphatic carboxylic acids is 1. The Labute approximate surface area is 119 Å².